The molecule has 1 nitrogen and oxygen atoms in total. The number of carbonyl (C=O) groups excluding carboxylic acids is 1. The van der Waals surface area contributed by atoms with Gasteiger partial charge in [-0.25, -0.2) is 0 Å². The molecule has 0 unspecified atom stereocenters. The maximum absolute atomic E-state index is 12.8. The largest absolute Gasteiger partial charge is 0.285 e. The predicted octanol–water partition coefficient (Wildman–Crippen LogP) is 5.07. The average molecular weight is 297 g/mol. The molecule has 1 aromatic carbocycles. The van der Waals surface area contributed by atoms with E-state index in [1.807, 2.05) is 30.3 Å². The van der Waals surface area contributed by atoms with Crippen LogP contribution in [-0.4, -0.2) is 9.86 Å². The van der Waals surface area contributed by atoms with Crippen LogP contribution in [0.2, 0.25) is 0 Å². The van der Waals surface area contributed by atoms with Crippen LogP contribution >= 0.6 is 24.4 Å². The second-order valence-electron chi connectivity index (χ2n) is 6.91. The van der Waals surface area contributed by atoms with Gasteiger partial charge in [-0.05, 0) is 23.0 Å². The Hall–Kier alpha value is -0.410. The highest BCUT2D eigenvalue weighted by atomic mass is 32.2. The highest BCUT2D eigenvalue weighted by molar-refractivity contribution is 8.15. The third-order valence-electron chi connectivity index (χ3n) is 3.42. The Morgan fingerprint density at radius 3 is 1.74 bits per heavy atom. The van der Waals surface area contributed by atoms with Gasteiger partial charge in [-0.1, -0.05) is 71.5 Å². The Labute approximate surface area is 127 Å². The summed E-state index contributed by atoms with van der Waals surface area (Å²) in [6, 6.07) is 9.77. The van der Waals surface area contributed by atoms with Crippen LogP contribution in [0.5, 0.6) is 0 Å². The molecule has 0 radical (unpaired) electrons. The molecule has 0 bridgehead atoms. The smallest absolute Gasteiger partial charge is 0.210 e. The Morgan fingerprint density at radius 2 is 1.37 bits per heavy atom. The fourth-order valence-corrected chi connectivity index (χ4v) is 3.81. The normalized spacial score (nSPS) is 13.4. The number of benzene rings is 1. The van der Waals surface area contributed by atoms with Crippen LogP contribution in [0.25, 0.3) is 0 Å². The van der Waals surface area contributed by atoms with Gasteiger partial charge >= 0.3 is 0 Å². The molecular weight excluding hydrogens is 272 g/mol. The third kappa shape index (κ3) is 3.38. The molecular formula is C16H24OS2. The van der Waals surface area contributed by atoms with Crippen LogP contribution in [-0.2, 0) is 4.79 Å². The molecule has 0 atom stereocenters. The van der Waals surface area contributed by atoms with E-state index in [0.29, 0.717) is 0 Å². The fourth-order valence-electron chi connectivity index (χ4n) is 2.41. The average Bonchev–Trinajstić information content (AvgIpc) is 2.26. The minimum atomic E-state index is -0.694. The minimum Gasteiger partial charge on any atom is -0.285 e. The van der Waals surface area contributed by atoms with E-state index in [1.54, 1.807) is 0 Å². The monoisotopic (exact) mass is 296 g/mol. The maximum Gasteiger partial charge on any atom is 0.210 e. The molecule has 0 aliphatic heterocycles. The molecule has 0 aliphatic carbocycles. The van der Waals surface area contributed by atoms with E-state index < -0.39 is 4.75 Å². The maximum atomic E-state index is 12.8. The minimum absolute atomic E-state index is 0.113. The summed E-state index contributed by atoms with van der Waals surface area (Å²) in [5.41, 5.74) is -0.430. The molecule has 0 fully saturated rings. The first kappa shape index (κ1) is 16.6. The van der Waals surface area contributed by atoms with E-state index in [1.165, 1.54) is 11.8 Å². The van der Waals surface area contributed by atoms with Crippen molar-refractivity contribution in [2.75, 3.05) is 0 Å². The van der Waals surface area contributed by atoms with Gasteiger partial charge < -0.3 is 0 Å². The van der Waals surface area contributed by atoms with Crippen molar-refractivity contribution in [1.82, 2.24) is 0 Å². The molecule has 0 saturated heterocycles. The topological polar surface area (TPSA) is 17.1 Å². The van der Waals surface area contributed by atoms with Gasteiger partial charge in [0.1, 0.15) is 0 Å². The number of hydrogen-bond acceptors (Lipinski definition) is 3. The first-order chi connectivity index (χ1) is 8.50. The van der Waals surface area contributed by atoms with Gasteiger partial charge in [-0.15, -0.1) is 0 Å². The first-order valence-corrected chi connectivity index (χ1v) is 7.76. The molecule has 0 aliphatic rings. The number of thiol groups is 1. The van der Waals surface area contributed by atoms with E-state index >= 15 is 0 Å². The van der Waals surface area contributed by atoms with Crippen molar-refractivity contribution in [3.05, 3.63) is 30.3 Å². The summed E-state index contributed by atoms with van der Waals surface area (Å²) in [4.78, 5) is 13.8. The predicted molar refractivity (Wildman–Crippen MR) is 87.9 cm³/mol. The molecule has 0 spiro atoms. The Kier molecular flexibility index (Phi) is 4.84. The molecule has 0 saturated carbocycles. The summed E-state index contributed by atoms with van der Waals surface area (Å²) in [6.07, 6.45) is 0. The Bertz CT molecular complexity index is 424. The van der Waals surface area contributed by atoms with Gasteiger partial charge in [0.05, 0.1) is 4.75 Å². The highest BCUT2D eigenvalue weighted by Crippen LogP contribution is 2.52. The lowest BCUT2D eigenvalue weighted by Crippen LogP contribution is -2.53. The second kappa shape index (κ2) is 5.53. The molecule has 0 aromatic heterocycles. The summed E-state index contributed by atoms with van der Waals surface area (Å²) in [6.45, 7) is 12.5. The number of rotatable bonds is 2. The van der Waals surface area contributed by atoms with Crippen molar-refractivity contribution in [3.63, 3.8) is 0 Å². The SMILES string of the molecule is CC(C)(C)C(S)(C(=O)Sc1ccccc1)C(C)(C)C. The van der Waals surface area contributed by atoms with Gasteiger partial charge in [0.15, 0.2) is 0 Å². The Balaban J connectivity index is 3.11. The fraction of sp³-hybridized carbons (Fsp3) is 0.562. The molecule has 19 heavy (non-hydrogen) atoms. The van der Waals surface area contributed by atoms with Crippen LogP contribution in [0.4, 0.5) is 0 Å². The molecule has 1 aromatic rings. The standard InChI is InChI=1S/C16H24OS2/c1-14(2,3)16(18,15(4,5)6)13(17)19-12-10-8-7-9-11-12/h7-11,18H,1-6H3. The van der Waals surface area contributed by atoms with E-state index in [-0.39, 0.29) is 15.9 Å². The van der Waals surface area contributed by atoms with E-state index in [0.717, 1.165) is 4.90 Å². The van der Waals surface area contributed by atoms with Crippen LogP contribution in [0.3, 0.4) is 0 Å². The lowest BCUT2D eigenvalue weighted by Gasteiger charge is -2.48. The lowest BCUT2D eigenvalue weighted by atomic mass is 9.66. The van der Waals surface area contributed by atoms with Crippen LogP contribution in [0.1, 0.15) is 41.5 Å². The zero-order valence-corrected chi connectivity index (χ0v) is 14.4. The third-order valence-corrected chi connectivity index (χ3v) is 6.12. The van der Waals surface area contributed by atoms with Gasteiger partial charge in [0.25, 0.3) is 0 Å². The van der Waals surface area contributed by atoms with Gasteiger partial charge in [0, 0.05) is 4.90 Å². The first-order valence-electron chi connectivity index (χ1n) is 6.50. The summed E-state index contributed by atoms with van der Waals surface area (Å²) in [5, 5.41) is 0.113. The number of hydrogen-bond donors (Lipinski definition) is 1. The van der Waals surface area contributed by atoms with Crippen molar-refractivity contribution >= 4 is 29.5 Å². The zero-order chi connectivity index (χ0) is 14.9. The zero-order valence-electron chi connectivity index (χ0n) is 12.7. The summed E-state index contributed by atoms with van der Waals surface area (Å²) in [5.74, 6) is 0. The second-order valence-corrected chi connectivity index (χ2v) is 8.63. The Morgan fingerprint density at radius 1 is 0.947 bits per heavy atom. The van der Waals surface area contributed by atoms with Gasteiger partial charge in [-0.2, -0.15) is 12.6 Å². The quantitative estimate of drug-likeness (QED) is 0.606. The number of carbonyl (C=O) groups is 1. The molecule has 0 heterocycles. The lowest BCUT2D eigenvalue weighted by molar-refractivity contribution is -0.118. The summed E-state index contributed by atoms with van der Waals surface area (Å²) in [7, 11) is 0. The molecule has 1 rings (SSSR count). The van der Waals surface area contributed by atoms with E-state index in [9.17, 15) is 4.79 Å². The van der Waals surface area contributed by atoms with Crippen molar-refractivity contribution in [2.45, 2.75) is 51.2 Å². The highest BCUT2D eigenvalue weighted by Gasteiger charge is 2.53. The van der Waals surface area contributed by atoms with Crippen LogP contribution in [0.15, 0.2) is 35.2 Å². The molecule has 0 N–H and O–H groups in total. The van der Waals surface area contributed by atoms with Crippen LogP contribution in [0, 0.1) is 10.8 Å². The van der Waals surface area contributed by atoms with E-state index in [2.05, 4.69) is 41.5 Å². The molecule has 3 heteroatoms. The molecule has 0 amide bonds. The van der Waals surface area contributed by atoms with Crippen molar-refractivity contribution in [2.24, 2.45) is 10.8 Å². The molecule has 106 valence electrons. The van der Waals surface area contributed by atoms with Gasteiger partial charge in [-0.3, -0.25) is 4.79 Å². The van der Waals surface area contributed by atoms with Crippen molar-refractivity contribution in [3.8, 4) is 0 Å². The van der Waals surface area contributed by atoms with Crippen molar-refractivity contribution < 1.29 is 4.79 Å². The van der Waals surface area contributed by atoms with Crippen molar-refractivity contribution in [1.29, 1.82) is 0 Å². The van der Waals surface area contributed by atoms with Gasteiger partial charge in [0.2, 0.25) is 5.12 Å². The summed E-state index contributed by atoms with van der Waals surface area (Å²) >= 11 is 6.12. The van der Waals surface area contributed by atoms with Crippen LogP contribution < -0.4 is 0 Å². The van der Waals surface area contributed by atoms with E-state index in [4.69, 9.17) is 12.6 Å². The summed E-state index contributed by atoms with van der Waals surface area (Å²) < 4.78 is -0.694. The number of thioether (sulfide) groups is 1.